The van der Waals surface area contributed by atoms with Crippen molar-refractivity contribution in [3.05, 3.63) is 35.4 Å². The SMILES string of the molecule is CN=C(NCCOCC1CCCO1)NCc1ccc(COCC(F)(F)F)cc1.I. The van der Waals surface area contributed by atoms with Crippen molar-refractivity contribution in [3.63, 3.8) is 0 Å². The summed E-state index contributed by atoms with van der Waals surface area (Å²) in [6, 6.07) is 7.19. The smallest absolute Gasteiger partial charge is 0.377 e. The average molecular weight is 531 g/mol. The fraction of sp³-hybridized carbons (Fsp3) is 0.632. The third-order valence-electron chi connectivity index (χ3n) is 4.11. The van der Waals surface area contributed by atoms with Gasteiger partial charge in [-0.1, -0.05) is 24.3 Å². The van der Waals surface area contributed by atoms with E-state index in [1.54, 1.807) is 19.2 Å². The van der Waals surface area contributed by atoms with Crippen LogP contribution in [0, 0.1) is 0 Å². The molecule has 0 spiro atoms. The minimum absolute atomic E-state index is 0. The lowest BCUT2D eigenvalue weighted by Crippen LogP contribution is -2.38. The zero-order valence-electron chi connectivity index (χ0n) is 16.5. The highest BCUT2D eigenvalue weighted by Gasteiger charge is 2.27. The molecule has 1 unspecified atom stereocenters. The first-order valence-corrected chi connectivity index (χ1v) is 9.32. The van der Waals surface area contributed by atoms with Crippen molar-refractivity contribution in [2.45, 2.75) is 38.3 Å². The molecule has 10 heteroatoms. The Kier molecular flexibility index (Phi) is 12.5. The second kappa shape index (κ2) is 14.0. The maximum absolute atomic E-state index is 12.1. The predicted octanol–water partition coefficient (Wildman–Crippen LogP) is 3.24. The van der Waals surface area contributed by atoms with E-state index in [-0.39, 0.29) is 36.7 Å². The van der Waals surface area contributed by atoms with Crippen LogP contribution < -0.4 is 10.6 Å². The van der Waals surface area contributed by atoms with Crippen LogP contribution in [0.2, 0.25) is 0 Å². The third-order valence-corrected chi connectivity index (χ3v) is 4.11. The highest BCUT2D eigenvalue weighted by atomic mass is 127. The molecule has 0 saturated carbocycles. The molecule has 1 saturated heterocycles. The van der Waals surface area contributed by atoms with Gasteiger partial charge in [0, 0.05) is 26.7 Å². The second-order valence-corrected chi connectivity index (χ2v) is 6.49. The maximum atomic E-state index is 12.1. The number of alkyl halides is 3. The summed E-state index contributed by atoms with van der Waals surface area (Å²) < 4.78 is 51.9. The molecule has 29 heavy (non-hydrogen) atoms. The Morgan fingerprint density at radius 2 is 1.90 bits per heavy atom. The van der Waals surface area contributed by atoms with E-state index >= 15 is 0 Å². The minimum atomic E-state index is -4.30. The summed E-state index contributed by atoms with van der Waals surface area (Å²) in [5, 5.41) is 6.34. The van der Waals surface area contributed by atoms with Gasteiger partial charge in [0.15, 0.2) is 5.96 Å². The molecule has 166 valence electrons. The van der Waals surface area contributed by atoms with Gasteiger partial charge in [-0.2, -0.15) is 13.2 Å². The lowest BCUT2D eigenvalue weighted by Gasteiger charge is -2.14. The zero-order valence-corrected chi connectivity index (χ0v) is 18.8. The molecule has 2 N–H and O–H groups in total. The van der Waals surface area contributed by atoms with Crippen LogP contribution in [0.3, 0.4) is 0 Å². The van der Waals surface area contributed by atoms with E-state index in [1.807, 2.05) is 12.1 Å². The number of ether oxygens (including phenoxy) is 3. The fourth-order valence-corrected chi connectivity index (χ4v) is 2.68. The first kappa shape index (κ1) is 25.9. The quantitative estimate of drug-likeness (QED) is 0.210. The first-order chi connectivity index (χ1) is 13.5. The van der Waals surface area contributed by atoms with Gasteiger partial charge in [-0.05, 0) is 24.0 Å². The molecule has 6 nitrogen and oxygen atoms in total. The average Bonchev–Trinajstić information content (AvgIpc) is 3.17. The molecule has 1 aliphatic rings. The van der Waals surface area contributed by atoms with Gasteiger partial charge in [0.05, 0.1) is 25.9 Å². The molecule has 1 fully saturated rings. The van der Waals surface area contributed by atoms with Gasteiger partial charge in [0.2, 0.25) is 0 Å². The van der Waals surface area contributed by atoms with Crippen LogP contribution in [0.25, 0.3) is 0 Å². The van der Waals surface area contributed by atoms with Gasteiger partial charge in [-0.3, -0.25) is 4.99 Å². The molecule has 0 aromatic heterocycles. The number of aliphatic imine (C=N–C) groups is 1. The number of benzene rings is 1. The van der Waals surface area contributed by atoms with Gasteiger partial charge < -0.3 is 24.8 Å². The van der Waals surface area contributed by atoms with Crippen LogP contribution in [0.15, 0.2) is 29.3 Å². The maximum Gasteiger partial charge on any atom is 0.411 e. The second-order valence-electron chi connectivity index (χ2n) is 6.49. The van der Waals surface area contributed by atoms with Crippen LogP contribution >= 0.6 is 24.0 Å². The molecular formula is C19H29F3IN3O3. The Balaban J connectivity index is 0.00000420. The number of rotatable bonds is 10. The summed E-state index contributed by atoms with van der Waals surface area (Å²) in [6.07, 6.45) is -1.92. The number of hydrogen-bond acceptors (Lipinski definition) is 4. The molecule has 1 aromatic rings. The zero-order chi connectivity index (χ0) is 20.2. The van der Waals surface area contributed by atoms with Crippen LogP contribution in [0.1, 0.15) is 24.0 Å². The molecule has 1 atom stereocenters. The molecule has 0 amide bonds. The Labute approximate surface area is 186 Å². The fourth-order valence-electron chi connectivity index (χ4n) is 2.68. The van der Waals surface area contributed by atoms with Crippen molar-refractivity contribution < 1.29 is 27.4 Å². The first-order valence-electron chi connectivity index (χ1n) is 9.32. The van der Waals surface area contributed by atoms with E-state index < -0.39 is 12.8 Å². The lowest BCUT2D eigenvalue weighted by atomic mass is 10.1. The molecule has 0 radical (unpaired) electrons. The largest absolute Gasteiger partial charge is 0.411 e. The number of hydrogen-bond donors (Lipinski definition) is 2. The molecule has 1 aliphatic heterocycles. The normalized spacial score (nSPS) is 17.1. The number of nitrogens with zero attached hydrogens (tertiary/aromatic N) is 1. The van der Waals surface area contributed by atoms with Crippen LogP contribution in [-0.4, -0.2) is 58.3 Å². The highest BCUT2D eigenvalue weighted by Crippen LogP contribution is 2.16. The lowest BCUT2D eigenvalue weighted by molar-refractivity contribution is -0.176. The molecule has 0 bridgehead atoms. The molecular weight excluding hydrogens is 502 g/mol. The summed E-state index contributed by atoms with van der Waals surface area (Å²) in [4.78, 5) is 4.15. The summed E-state index contributed by atoms with van der Waals surface area (Å²) in [6.45, 7) is 1.87. The van der Waals surface area contributed by atoms with Crippen molar-refractivity contribution in [3.8, 4) is 0 Å². The van der Waals surface area contributed by atoms with E-state index in [2.05, 4.69) is 20.4 Å². The molecule has 2 rings (SSSR count). The van der Waals surface area contributed by atoms with Gasteiger partial charge in [-0.25, -0.2) is 0 Å². The van der Waals surface area contributed by atoms with E-state index in [0.717, 1.165) is 25.0 Å². The topological polar surface area (TPSA) is 64.1 Å². The van der Waals surface area contributed by atoms with Crippen LogP contribution in [0.4, 0.5) is 13.2 Å². The number of nitrogens with one attached hydrogen (secondary N) is 2. The highest BCUT2D eigenvalue weighted by molar-refractivity contribution is 14.0. The summed E-state index contributed by atoms with van der Waals surface area (Å²) >= 11 is 0. The Morgan fingerprint density at radius 3 is 2.52 bits per heavy atom. The van der Waals surface area contributed by atoms with E-state index in [4.69, 9.17) is 9.47 Å². The monoisotopic (exact) mass is 531 g/mol. The minimum Gasteiger partial charge on any atom is -0.377 e. The van der Waals surface area contributed by atoms with Crippen molar-refractivity contribution in [1.82, 2.24) is 10.6 Å². The van der Waals surface area contributed by atoms with Crippen molar-refractivity contribution in [2.24, 2.45) is 4.99 Å². The number of guanidine groups is 1. The standard InChI is InChI=1S/C19H28F3N3O3.HI/c1-23-18(24-8-10-26-13-17-3-2-9-28-17)25-11-15-4-6-16(7-5-15)12-27-14-19(20,21)22;/h4-7,17H,2-3,8-14H2,1H3,(H2,23,24,25);1H. The molecule has 1 heterocycles. The van der Waals surface area contributed by atoms with E-state index in [1.165, 1.54) is 0 Å². The third kappa shape index (κ3) is 11.6. The van der Waals surface area contributed by atoms with Crippen molar-refractivity contribution >= 4 is 29.9 Å². The number of halogens is 4. The molecule has 0 aliphatic carbocycles. The van der Waals surface area contributed by atoms with E-state index in [9.17, 15) is 13.2 Å². The molecule has 1 aromatic carbocycles. The summed E-state index contributed by atoms with van der Waals surface area (Å²) in [7, 11) is 1.68. The van der Waals surface area contributed by atoms with Gasteiger partial charge in [0.25, 0.3) is 0 Å². The summed E-state index contributed by atoms with van der Waals surface area (Å²) in [5.74, 6) is 0.651. The van der Waals surface area contributed by atoms with Gasteiger partial charge in [-0.15, -0.1) is 24.0 Å². The predicted molar refractivity (Wildman–Crippen MR) is 116 cm³/mol. The van der Waals surface area contributed by atoms with Crippen LogP contribution in [0.5, 0.6) is 0 Å². The van der Waals surface area contributed by atoms with Crippen LogP contribution in [-0.2, 0) is 27.4 Å². The Hall–Kier alpha value is -1.11. The van der Waals surface area contributed by atoms with Crippen molar-refractivity contribution in [1.29, 1.82) is 0 Å². The Morgan fingerprint density at radius 1 is 1.17 bits per heavy atom. The Bertz CT molecular complexity index is 595. The summed E-state index contributed by atoms with van der Waals surface area (Å²) in [5.41, 5.74) is 1.68. The van der Waals surface area contributed by atoms with Gasteiger partial charge in [0.1, 0.15) is 6.61 Å². The van der Waals surface area contributed by atoms with E-state index in [0.29, 0.717) is 37.8 Å². The van der Waals surface area contributed by atoms with Gasteiger partial charge >= 0.3 is 6.18 Å². The van der Waals surface area contributed by atoms with Crippen molar-refractivity contribution in [2.75, 3.05) is 40.0 Å².